The number of thiophene rings is 1. The lowest BCUT2D eigenvalue weighted by atomic mass is 9.97. The van der Waals surface area contributed by atoms with Crippen LogP contribution in [-0.4, -0.2) is 50.6 Å². The maximum atomic E-state index is 4.51. The Hall–Kier alpha value is -1.76. The molecular weight excluding hydrogens is 354 g/mol. The van der Waals surface area contributed by atoms with Crippen molar-refractivity contribution < 1.29 is 0 Å². The second kappa shape index (κ2) is 7.70. The van der Waals surface area contributed by atoms with E-state index in [0.717, 1.165) is 31.1 Å². The van der Waals surface area contributed by atoms with E-state index in [4.69, 9.17) is 0 Å². The SMILES string of the molecule is c1ccn2c([C@H]3CCCN(Cc4cc(CN5CCCC5)cs4)C3)nnc2c1. The maximum absolute atomic E-state index is 4.51. The summed E-state index contributed by atoms with van der Waals surface area (Å²) in [6.45, 7) is 7.00. The van der Waals surface area contributed by atoms with Gasteiger partial charge in [0, 0.05) is 36.6 Å². The van der Waals surface area contributed by atoms with Crippen molar-refractivity contribution in [1.29, 1.82) is 0 Å². The minimum absolute atomic E-state index is 0.472. The molecule has 0 bridgehead atoms. The molecule has 0 spiro atoms. The fourth-order valence-corrected chi connectivity index (χ4v) is 5.48. The highest BCUT2D eigenvalue weighted by Gasteiger charge is 2.25. The Kier molecular flexibility index (Phi) is 4.95. The number of rotatable bonds is 5. The summed E-state index contributed by atoms with van der Waals surface area (Å²) in [5, 5.41) is 11.2. The number of likely N-dealkylation sites (tertiary alicyclic amines) is 2. The molecule has 27 heavy (non-hydrogen) atoms. The molecule has 0 unspecified atom stereocenters. The van der Waals surface area contributed by atoms with Gasteiger partial charge in [-0.05, 0) is 74.5 Å². The second-order valence-corrected chi connectivity index (χ2v) is 8.96. The molecule has 0 aromatic carbocycles. The molecule has 2 aliphatic rings. The maximum Gasteiger partial charge on any atom is 0.160 e. The molecule has 2 aliphatic heterocycles. The highest BCUT2D eigenvalue weighted by Crippen LogP contribution is 2.28. The van der Waals surface area contributed by atoms with Gasteiger partial charge in [-0.15, -0.1) is 21.5 Å². The summed E-state index contributed by atoms with van der Waals surface area (Å²) in [7, 11) is 0. The van der Waals surface area contributed by atoms with E-state index >= 15 is 0 Å². The average molecular weight is 382 g/mol. The lowest BCUT2D eigenvalue weighted by molar-refractivity contribution is 0.197. The lowest BCUT2D eigenvalue weighted by Gasteiger charge is -2.31. The van der Waals surface area contributed by atoms with Crippen LogP contribution >= 0.6 is 11.3 Å². The summed E-state index contributed by atoms with van der Waals surface area (Å²) in [6.07, 6.45) is 7.26. The van der Waals surface area contributed by atoms with Crippen LogP contribution in [0.2, 0.25) is 0 Å². The minimum Gasteiger partial charge on any atom is -0.299 e. The molecule has 5 rings (SSSR count). The molecule has 3 aromatic rings. The predicted molar refractivity (Wildman–Crippen MR) is 109 cm³/mol. The van der Waals surface area contributed by atoms with E-state index in [1.54, 1.807) is 0 Å². The number of hydrogen-bond donors (Lipinski definition) is 0. The number of aromatic nitrogens is 3. The smallest absolute Gasteiger partial charge is 0.160 e. The van der Waals surface area contributed by atoms with Gasteiger partial charge in [0.05, 0.1) is 0 Å². The van der Waals surface area contributed by atoms with E-state index < -0.39 is 0 Å². The van der Waals surface area contributed by atoms with Crippen LogP contribution in [0.1, 0.15) is 47.9 Å². The Labute approximate surface area is 164 Å². The van der Waals surface area contributed by atoms with Gasteiger partial charge in [-0.1, -0.05) is 6.07 Å². The molecule has 6 heteroatoms. The summed E-state index contributed by atoms with van der Waals surface area (Å²) in [4.78, 5) is 6.68. The highest BCUT2D eigenvalue weighted by atomic mass is 32.1. The Morgan fingerprint density at radius 3 is 2.81 bits per heavy atom. The van der Waals surface area contributed by atoms with Gasteiger partial charge in [-0.2, -0.15) is 0 Å². The third-order valence-electron chi connectivity index (χ3n) is 5.90. The van der Waals surface area contributed by atoms with Gasteiger partial charge in [0.25, 0.3) is 0 Å². The third kappa shape index (κ3) is 3.79. The van der Waals surface area contributed by atoms with E-state index in [1.807, 2.05) is 23.5 Å². The van der Waals surface area contributed by atoms with Gasteiger partial charge in [0.1, 0.15) is 5.82 Å². The van der Waals surface area contributed by atoms with Crippen molar-refractivity contribution in [2.24, 2.45) is 0 Å². The topological polar surface area (TPSA) is 36.7 Å². The van der Waals surface area contributed by atoms with Crippen molar-refractivity contribution in [2.45, 2.75) is 44.7 Å². The van der Waals surface area contributed by atoms with E-state index in [-0.39, 0.29) is 0 Å². The molecule has 5 heterocycles. The van der Waals surface area contributed by atoms with Crippen LogP contribution in [0.15, 0.2) is 35.8 Å². The Bertz CT molecular complexity index is 895. The quantitative estimate of drug-likeness (QED) is 0.674. The molecular formula is C21H27N5S. The van der Waals surface area contributed by atoms with Gasteiger partial charge in [-0.3, -0.25) is 14.2 Å². The molecule has 5 nitrogen and oxygen atoms in total. The molecule has 0 radical (unpaired) electrons. The Morgan fingerprint density at radius 1 is 1.00 bits per heavy atom. The summed E-state index contributed by atoms with van der Waals surface area (Å²) >= 11 is 1.93. The van der Waals surface area contributed by atoms with Gasteiger partial charge < -0.3 is 0 Å². The Balaban J connectivity index is 1.24. The van der Waals surface area contributed by atoms with Gasteiger partial charge in [0.2, 0.25) is 0 Å². The summed E-state index contributed by atoms with van der Waals surface area (Å²) in [5.74, 6) is 1.59. The first kappa shape index (κ1) is 17.3. The molecule has 2 saturated heterocycles. The normalized spacial score (nSPS) is 22.0. The molecule has 0 saturated carbocycles. The van der Waals surface area contributed by atoms with Gasteiger partial charge in [0.15, 0.2) is 5.65 Å². The summed E-state index contributed by atoms with van der Waals surface area (Å²) in [6, 6.07) is 8.55. The Morgan fingerprint density at radius 2 is 1.89 bits per heavy atom. The average Bonchev–Trinajstić information content (AvgIpc) is 3.44. The fraction of sp³-hybridized carbons (Fsp3) is 0.524. The van der Waals surface area contributed by atoms with Crippen molar-refractivity contribution in [3.8, 4) is 0 Å². The monoisotopic (exact) mass is 381 g/mol. The number of pyridine rings is 1. The van der Waals surface area contributed by atoms with Crippen LogP contribution < -0.4 is 0 Å². The van der Waals surface area contributed by atoms with Crippen molar-refractivity contribution >= 4 is 17.0 Å². The number of fused-ring (bicyclic) bond motifs is 1. The zero-order valence-electron chi connectivity index (χ0n) is 15.8. The zero-order valence-corrected chi connectivity index (χ0v) is 16.6. The summed E-state index contributed by atoms with van der Waals surface area (Å²) in [5.41, 5.74) is 2.45. The molecule has 0 aliphatic carbocycles. The number of nitrogens with zero attached hydrogens (tertiary/aromatic N) is 5. The fourth-order valence-electron chi connectivity index (χ4n) is 4.56. The van der Waals surface area contributed by atoms with Crippen LogP contribution in [0, 0.1) is 0 Å². The first-order valence-corrected chi connectivity index (χ1v) is 11.0. The van der Waals surface area contributed by atoms with E-state index in [2.05, 4.69) is 48.1 Å². The first-order chi connectivity index (χ1) is 13.3. The first-order valence-electron chi connectivity index (χ1n) is 10.2. The molecule has 0 amide bonds. The lowest BCUT2D eigenvalue weighted by Crippen LogP contribution is -2.34. The molecule has 3 aromatic heterocycles. The zero-order chi connectivity index (χ0) is 18.1. The number of hydrogen-bond acceptors (Lipinski definition) is 5. The van der Waals surface area contributed by atoms with Crippen molar-refractivity contribution in [2.75, 3.05) is 26.2 Å². The van der Waals surface area contributed by atoms with Crippen molar-refractivity contribution in [1.82, 2.24) is 24.4 Å². The van der Waals surface area contributed by atoms with Crippen LogP contribution in [-0.2, 0) is 13.1 Å². The minimum atomic E-state index is 0.472. The standard InChI is InChI=1S/C21H27N5S/c1-2-11-26-20(7-1)22-23-21(26)18-6-5-10-25(14-18)15-19-12-17(16-27-19)13-24-8-3-4-9-24/h1-2,7,11-12,16,18H,3-6,8-10,13-15H2/t18-/m0/s1. The number of piperidine rings is 1. The molecule has 2 fully saturated rings. The van der Waals surface area contributed by atoms with E-state index in [1.165, 1.54) is 55.8 Å². The second-order valence-electron chi connectivity index (χ2n) is 7.97. The highest BCUT2D eigenvalue weighted by molar-refractivity contribution is 7.10. The van der Waals surface area contributed by atoms with Crippen LogP contribution in [0.25, 0.3) is 5.65 Å². The van der Waals surface area contributed by atoms with Crippen LogP contribution in [0.5, 0.6) is 0 Å². The molecule has 142 valence electrons. The van der Waals surface area contributed by atoms with Gasteiger partial charge in [-0.25, -0.2) is 0 Å². The van der Waals surface area contributed by atoms with Crippen LogP contribution in [0.4, 0.5) is 0 Å². The largest absolute Gasteiger partial charge is 0.299 e. The van der Waals surface area contributed by atoms with E-state index in [9.17, 15) is 0 Å². The van der Waals surface area contributed by atoms with Crippen LogP contribution in [0.3, 0.4) is 0 Å². The molecule has 1 atom stereocenters. The van der Waals surface area contributed by atoms with Crippen molar-refractivity contribution in [3.63, 3.8) is 0 Å². The summed E-state index contributed by atoms with van der Waals surface area (Å²) < 4.78 is 2.16. The third-order valence-corrected chi connectivity index (χ3v) is 6.87. The van der Waals surface area contributed by atoms with E-state index in [0.29, 0.717) is 5.92 Å². The molecule has 0 N–H and O–H groups in total. The van der Waals surface area contributed by atoms with Crippen molar-refractivity contribution in [3.05, 3.63) is 52.1 Å². The van der Waals surface area contributed by atoms with Gasteiger partial charge >= 0.3 is 0 Å². The predicted octanol–water partition coefficient (Wildman–Crippen LogP) is 3.77.